The first kappa shape index (κ1) is 13.7. The average molecular weight is 304 g/mol. The predicted molar refractivity (Wildman–Crippen MR) is 72.6 cm³/mol. The van der Waals surface area contributed by atoms with Crippen LogP contribution in [0.5, 0.6) is 0 Å². The number of halogens is 1. The van der Waals surface area contributed by atoms with Crippen LogP contribution in [-0.4, -0.2) is 5.91 Å². The van der Waals surface area contributed by atoms with Crippen molar-refractivity contribution in [2.75, 3.05) is 0 Å². The molecule has 0 radical (unpaired) electrons. The molecule has 0 saturated carbocycles. The zero-order chi connectivity index (χ0) is 12.0. The zero-order valence-electron chi connectivity index (χ0n) is 9.75. The van der Waals surface area contributed by atoms with Gasteiger partial charge in [0.15, 0.2) is 0 Å². The molecule has 4 heteroatoms. The Morgan fingerprint density at radius 2 is 2.31 bits per heavy atom. The molecule has 1 amide bonds. The first-order valence-corrected chi connectivity index (χ1v) is 7.23. The van der Waals surface area contributed by atoms with Crippen molar-refractivity contribution in [2.24, 2.45) is 5.92 Å². The standard InChI is InChI=1S/C12H18BrNOS/c1-3-4-9(2)7-12(15)14-8-10-5-6-11(13)16-10/h5-6,9H,3-4,7-8H2,1-2H3,(H,14,15). The van der Waals surface area contributed by atoms with Gasteiger partial charge in [-0.25, -0.2) is 0 Å². The van der Waals surface area contributed by atoms with Crippen molar-refractivity contribution < 1.29 is 4.79 Å². The maximum Gasteiger partial charge on any atom is 0.220 e. The third-order valence-electron chi connectivity index (χ3n) is 2.40. The number of nitrogens with one attached hydrogen (secondary N) is 1. The SMILES string of the molecule is CCCC(C)CC(=O)NCc1ccc(Br)s1. The summed E-state index contributed by atoms with van der Waals surface area (Å²) < 4.78 is 1.11. The predicted octanol–water partition coefficient (Wildman–Crippen LogP) is 3.95. The first-order valence-electron chi connectivity index (χ1n) is 5.62. The van der Waals surface area contributed by atoms with E-state index in [0.29, 0.717) is 18.9 Å². The smallest absolute Gasteiger partial charge is 0.220 e. The normalized spacial score (nSPS) is 12.4. The van der Waals surface area contributed by atoms with E-state index < -0.39 is 0 Å². The molecule has 0 aliphatic carbocycles. The fraction of sp³-hybridized carbons (Fsp3) is 0.583. The second-order valence-corrected chi connectivity index (χ2v) is 6.63. The van der Waals surface area contributed by atoms with Crippen LogP contribution in [0.3, 0.4) is 0 Å². The second-order valence-electron chi connectivity index (χ2n) is 4.08. The highest BCUT2D eigenvalue weighted by Crippen LogP contribution is 2.21. The van der Waals surface area contributed by atoms with E-state index >= 15 is 0 Å². The van der Waals surface area contributed by atoms with Gasteiger partial charge in [-0.15, -0.1) is 11.3 Å². The molecule has 0 bridgehead atoms. The monoisotopic (exact) mass is 303 g/mol. The molecular weight excluding hydrogens is 286 g/mol. The molecule has 1 aromatic rings. The van der Waals surface area contributed by atoms with Crippen molar-refractivity contribution in [1.82, 2.24) is 5.32 Å². The maximum atomic E-state index is 11.6. The third-order valence-corrected chi connectivity index (χ3v) is 4.03. The number of thiophene rings is 1. The van der Waals surface area contributed by atoms with Gasteiger partial charge in [-0.3, -0.25) is 4.79 Å². The molecule has 1 N–H and O–H groups in total. The van der Waals surface area contributed by atoms with Crippen LogP contribution in [0.2, 0.25) is 0 Å². The summed E-state index contributed by atoms with van der Waals surface area (Å²) in [7, 11) is 0. The van der Waals surface area contributed by atoms with Crippen molar-refractivity contribution in [1.29, 1.82) is 0 Å². The lowest BCUT2D eigenvalue weighted by Crippen LogP contribution is -2.24. The van der Waals surface area contributed by atoms with Crippen LogP contribution in [0.15, 0.2) is 15.9 Å². The average Bonchev–Trinajstić information content (AvgIpc) is 2.61. The van der Waals surface area contributed by atoms with Crippen molar-refractivity contribution in [3.05, 3.63) is 20.8 Å². The lowest BCUT2D eigenvalue weighted by molar-refractivity contribution is -0.122. The third kappa shape index (κ3) is 5.12. The van der Waals surface area contributed by atoms with E-state index in [4.69, 9.17) is 0 Å². The highest BCUT2D eigenvalue weighted by molar-refractivity contribution is 9.11. The Balaban J connectivity index is 2.25. The van der Waals surface area contributed by atoms with Gasteiger partial charge in [0.25, 0.3) is 0 Å². The molecule has 16 heavy (non-hydrogen) atoms. The van der Waals surface area contributed by atoms with Gasteiger partial charge >= 0.3 is 0 Å². The number of carbonyl (C=O) groups excluding carboxylic acids is 1. The van der Waals surface area contributed by atoms with Gasteiger partial charge in [-0.05, 0) is 34.0 Å². The largest absolute Gasteiger partial charge is 0.351 e. The summed E-state index contributed by atoms with van der Waals surface area (Å²) >= 11 is 5.07. The molecular formula is C12H18BrNOS. The minimum atomic E-state index is 0.158. The summed E-state index contributed by atoms with van der Waals surface area (Å²) in [4.78, 5) is 12.8. The Hall–Kier alpha value is -0.350. The van der Waals surface area contributed by atoms with Crippen LogP contribution >= 0.6 is 27.3 Å². The minimum Gasteiger partial charge on any atom is -0.351 e. The molecule has 1 aromatic heterocycles. The lowest BCUT2D eigenvalue weighted by Gasteiger charge is -2.09. The van der Waals surface area contributed by atoms with Crippen molar-refractivity contribution >= 4 is 33.2 Å². The quantitative estimate of drug-likeness (QED) is 0.847. The van der Waals surface area contributed by atoms with Crippen LogP contribution in [0, 0.1) is 5.92 Å². The second kappa shape index (κ2) is 7.07. The van der Waals surface area contributed by atoms with Crippen LogP contribution in [-0.2, 0) is 11.3 Å². The van der Waals surface area contributed by atoms with Gasteiger partial charge in [0.1, 0.15) is 0 Å². The van der Waals surface area contributed by atoms with E-state index in [1.165, 1.54) is 4.88 Å². The first-order chi connectivity index (χ1) is 7.61. The number of amides is 1. The summed E-state index contributed by atoms with van der Waals surface area (Å²) in [6.45, 7) is 4.93. The van der Waals surface area contributed by atoms with E-state index in [9.17, 15) is 4.79 Å². The van der Waals surface area contributed by atoms with Crippen molar-refractivity contribution in [3.63, 3.8) is 0 Å². The maximum absolute atomic E-state index is 11.6. The summed E-state index contributed by atoms with van der Waals surface area (Å²) in [6, 6.07) is 4.04. The van der Waals surface area contributed by atoms with Gasteiger partial charge < -0.3 is 5.32 Å². The van der Waals surface area contributed by atoms with Gasteiger partial charge in [-0.1, -0.05) is 26.7 Å². The summed E-state index contributed by atoms with van der Waals surface area (Å²) in [5, 5.41) is 2.95. The number of hydrogen-bond acceptors (Lipinski definition) is 2. The molecule has 90 valence electrons. The van der Waals surface area contributed by atoms with Crippen LogP contribution in [0.25, 0.3) is 0 Å². The molecule has 0 fully saturated rings. The fourth-order valence-corrected chi connectivity index (χ4v) is 3.04. The van der Waals surface area contributed by atoms with Crippen molar-refractivity contribution in [3.8, 4) is 0 Å². The molecule has 1 atom stereocenters. The van der Waals surface area contributed by atoms with Gasteiger partial charge in [0.2, 0.25) is 5.91 Å². The minimum absolute atomic E-state index is 0.158. The highest BCUT2D eigenvalue weighted by Gasteiger charge is 2.08. The molecule has 1 unspecified atom stereocenters. The van der Waals surface area contributed by atoms with Gasteiger partial charge in [0.05, 0.1) is 10.3 Å². The Morgan fingerprint density at radius 1 is 1.56 bits per heavy atom. The Bertz CT molecular complexity index is 338. The number of rotatable bonds is 6. The lowest BCUT2D eigenvalue weighted by atomic mass is 10.0. The molecule has 1 rings (SSSR count). The van der Waals surface area contributed by atoms with Crippen LogP contribution < -0.4 is 5.32 Å². The van der Waals surface area contributed by atoms with Crippen LogP contribution in [0.1, 0.15) is 38.0 Å². The summed E-state index contributed by atoms with van der Waals surface area (Å²) in [6.07, 6.45) is 2.91. The summed E-state index contributed by atoms with van der Waals surface area (Å²) in [5.74, 6) is 0.644. The Kier molecular flexibility index (Phi) is 6.06. The van der Waals surface area contributed by atoms with E-state index in [1.807, 2.05) is 12.1 Å². The highest BCUT2D eigenvalue weighted by atomic mass is 79.9. The topological polar surface area (TPSA) is 29.1 Å². The number of carbonyl (C=O) groups is 1. The molecule has 0 saturated heterocycles. The Morgan fingerprint density at radius 3 is 2.88 bits per heavy atom. The van der Waals surface area contributed by atoms with Crippen molar-refractivity contribution in [2.45, 2.75) is 39.7 Å². The van der Waals surface area contributed by atoms with Gasteiger partial charge in [0, 0.05) is 11.3 Å². The molecule has 0 spiro atoms. The van der Waals surface area contributed by atoms with Gasteiger partial charge in [-0.2, -0.15) is 0 Å². The van der Waals surface area contributed by atoms with Crippen LogP contribution in [0.4, 0.5) is 0 Å². The molecule has 0 aromatic carbocycles. The molecule has 1 heterocycles. The molecule has 0 aliphatic heterocycles. The number of hydrogen-bond donors (Lipinski definition) is 1. The van der Waals surface area contributed by atoms with E-state index in [2.05, 4.69) is 35.1 Å². The molecule has 0 aliphatic rings. The van der Waals surface area contributed by atoms with E-state index in [-0.39, 0.29) is 5.91 Å². The van der Waals surface area contributed by atoms with E-state index in [1.54, 1.807) is 11.3 Å². The Labute approximate surface area is 110 Å². The summed E-state index contributed by atoms with van der Waals surface area (Å²) in [5.41, 5.74) is 0. The zero-order valence-corrected chi connectivity index (χ0v) is 12.2. The fourth-order valence-electron chi connectivity index (χ4n) is 1.62. The van der Waals surface area contributed by atoms with E-state index in [0.717, 1.165) is 16.6 Å². The molecule has 2 nitrogen and oxygen atoms in total.